The Hall–Kier alpha value is -3.48. The maximum Gasteiger partial charge on any atom is 0.343 e. The molecule has 0 radical (unpaired) electrons. The Bertz CT molecular complexity index is 1100. The summed E-state index contributed by atoms with van der Waals surface area (Å²) in [6.45, 7) is 0. The van der Waals surface area contributed by atoms with Crippen molar-refractivity contribution >= 4 is 16.9 Å². The summed E-state index contributed by atoms with van der Waals surface area (Å²) >= 11 is 0. The van der Waals surface area contributed by atoms with Crippen LogP contribution >= 0.6 is 0 Å². The van der Waals surface area contributed by atoms with Crippen LogP contribution < -0.4 is 24.6 Å². The van der Waals surface area contributed by atoms with Crippen LogP contribution in [0.3, 0.4) is 0 Å². The second kappa shape index (κ2) is 6.92. The van der Waals surface area contributed by atoms with Gasteiger partial charge >= 0.3 is 11.6 Å². The summed E-state index contributed by atoms with van der Waals surface area (Å²) in [7, 11) is 4.53. The molecule has 0 N–H and O–H groups in total. The number of fused-ring (bicyclic) bond motifs is 3. The minimum Gasteiger partial charge on any atom is -0.496 e. The van der Waals surface area contributed by atoms with Crippen LogP contribution in [-0.2, 0) is 4.79 Å². The number of hydrogen-bond donors (Lipinski definition) is 0. The van der Waals surface area contributed by atoms with E-state index in [1.165, 1.54) is 21.3 Å². The molecule has 0 spiro atoms. The van der Waals surface area contributed by atoms with Gasteiger partial charge in [0.1, 0.15) is 22.8 Å². The van der Waals surface area contributed by atoms with Gasteiger partial charge in [0.25, 0.3) is 0 Å². The van der Waals surface area contributed by atoms with Crippen LogP contribution in [0, 0.1) is 0 Å². The first-order valence-corrected chi connectivity index (χ1v) is 8.63. The first-order valence-electron chi connectivity index (χ1n) is 8.63. The van der Waals surface area contributed by atoms with Crippen LogP contribution in [-0.4, -0.2) is 27.3 Å². The molecule has 4 rings (SSSR count). The van der Waals surface area contributed by atoms with Crippen LogP contribution in [0.25, 0.3) is 11.0 Å². The van der Waals surface area contributed by atoms with Gasteiger partial charge in [-0.25, -0.2) is 4.79 Å². The summed E-state index contributed by atoms with van der Waals surface area (Å²) in [6.07, 6.45) is -0.0465. The van der Waals surface area contributed by atoms with Crippen LogP contribution in [0.2, 0.25) is 0 Å². The fourth-order valence-corrected chi connectivity index (χ4v) is 3.59. The standard InChI is InChI=1S/C21H18O7/c1-24-11-8-15(25-2)18(16(9-11)26-3)13-10-17(22)28-20-12-6-4-5-7-14(12)27-21(23)19(13)20/h4-9,13H,10H2,1-3H3/t13-/m1/s1. The highest BCUT2D eigenvalue weighted by Gasteiger charge is 2.37. The number of esters is 1. The zero-order valence-electron chi connectivity index (χ0n) is 15.6. The number of rotatable bonds is 4. The van der Waals surface area contributed by atoms with Crippen molar-refractivity contribution in [3.8, 4) is 23.0 Å². The van der Waals surface area contributed by atoms with Crippen LogP contribution in [0.4, 0.5) is 0 Å². The third-order valence-corrected chi connectivity index (χ3v) is 4.84. The molecule has 7 nitrogen and oxygen atoms in total. The lowest BCUT2D eigenvalue weighted by Crippen LogP contribution is -2.27. The van der Waals surface area contributed by atoms with Crippen LogP contribution in [0.1, 0.15) is 23.5 Å². The van der Waals surface area contributed by atoms with Crippen molar-refractivity contribution in [3.63, 3.8) is 0 Å². The largest absolute Gasteiger partial charge is 0.496 e. The van der Waals surface area contributed by atoms with E-state index in [1.807, 2.05) is 0 Å². The highest BCUT2D eigenvalue weighted by Crippen LogP contribution is 2.47. The Morgan fingerprint density at radius 3 is 2.25 bits per heavy atom. The monoisotopic (exact) mass is 382 g/mol. The van der Waals surface area contributed by atoms with E-state index in [0.29, 0.717) is 33.8 Å². The number of para-hydroxylation sites is 1. The lowest BCUT2D eigenvalue weighted by molar-refractivity contribution is -0.135. The number of benzene rings is 2. The summed E-state index contributed by atoms with van der Waals surface area (Å²) in [5, 5.41) is 0.557. The van der Waals surface area contributed by atoms with E-state index in [4.69, 9.17) is 23.4 Å². The highest BCUT2D eigenvalue weighted by atomic mass is 16.5. The Morgan fingerprint density at radius 2 is 1.61 bits per heavy atom. The molecular weight excluding hydrogens is 364 g/mol. The van der Waals surface area contributed by atoms with Crippen LogP contribution in [0.5, 0.6) is 23.0 Å². The molecule has 144 valence electrons. The fourth-order valence-electron chi connectivity index (χ4n) is 3.59. The van der Waals surface area contributed by atoms with Crippen molar-refractivity contribution in [1.82, 2.24) is 0 Å². The molecule has 1 aromatic heterocycles. The predicted octanol–water partition coefficient (Wildman–Crippen LogP) is 3.26. The molecule has 7 heteroatoms. The Balaban J connectivity index is 2.03. The van der Waals surface area contributed by atoms with E-state index in [-0.39, 0.29) is 17.7 Å². The molecule has 0 amide bonds. The number of methoxy groups -OCH3 is 3. The third-order valence-electron chi connectivity index (χ3n) is 4.84. The van der Waals surface area contributed by atoms with Gasteiger partial charge in [-0.2, -0.15) is 0 Å². The quantitative estimate of drug-likeness (QED) is 0.506. The van der Waals surface area contributed by atoms with E-state index in [2.05, 4.69) is 0 Å². The van der Waals surface area contributed by atoms with Gasteiger partial charge in [-0.15, -0.1) is 0 Å². The first kappa shape index (κ1) is 17.9. The first-order chi connectivity index (χ1) is 13.6. The predicted molar refractivity (Wildman–Crippen MR) is 101 cm³/mol. The molecule has 0 unspecified atom stereocenters. The maximum atomic E-state index is 12.8. The molecular formula is C21H18O7. The molecule has 2 aromatic carbocycles. The number of ether oxygens (including phenoxy) is 4. The van der Waals surface area contributed by atoms with Crippen molar-refractivity contribution in [2.45, 2.75) is 12.3 Å². The van der Waals surface area contributed by atoms with E-state index < -0.39 is 17.5 Å². The van der Waals surface area contributed by atoms with Gasteiger partial charge < -0.3 is 23.4 Å². The van der Waals surface area contributed by atoms with E-state index in [0.717, 1.165) is 0 Å². The van der Waals surface area contributed by atoms with E-state index in [9.17, 15) is 9.59 Å². The van der Waals surface area contributed by atoms with Crippen molar-refractivity contribution in [3.05, 3.63) is 57.9 Å². The molecule has 0 bridgehead atoms. The molecule has 28 heavy (non-hydrogen) atoms. The molecule has 1 aliphatic heterocycles. The van der Waals surface area contributed by atoms with Gasteiger partial charge in [0.15, 0.2) is 5.75 Å². The minimum absolute atomic E-state index is 0.0465. The fraction of sp³-hybridized carbons (Fsp3) is 0.238. The van der Waals surface area contributed by atoms with Gasteiger partial charge in [0.2, 0.25) is 0 Å². The average Bonchev–Trinajstić information content (AvgIpc) is 2.72. The highest BCUT2D eigenvalue weighted by molar-refractivity contribution is 5.90. The summed E-state index contributed by atoms with van der Waals surface area (Å²) in [4.78, 5) is 25.3. The van der Waals surface area contributed by atoms with E-state index >= 15 is 0 Å². The van der Waals surface area contributed by atoms with Gasteiger partial charge in [0, 0.05) is 23.6 Å². The molecule has 1 atom stereocenters. The van der Waals surface area contributed by atoms with Crippen molar-refractivity contribution in [2.24, 2.45) is 0 Å². The molecule has 0 saturated heterocycles. The average molecular weight is 382 g/mol. The molecule has 1 aliphatic rings. The van der Waals surface area contributed by atoms with Gasteiger partial charge in [0.05, 0.1) is 38.7 Å². The molecule has 0 saturated carbocycles. The van der Waals surface area contributed by atoms with Gasteiger partial charge in [-0.1, -0.05) is 12.1 Å². The summed E-state index contributed by atoms with van der Waals surface area (Å²) in [5.74, 6) is 0.527. The second-order valence-corrected chi connectivity index (χ2v) is 6.30. The number of carbonyl (C=O) groups excluding carboxylic acids is 1. The maximum absolute atomic E-state index is 12.8. The molecule has 2 heterocycles. The lowest BCUT2D eigenvalue weighted by Gasteiger charge is -2.27. The Labute approximate surface area is 160 Å². The van der Waals surface area contributed by atoms with E-state index in [1.54, 1.807) is 36.4 Å². The summed E-state index contributed by atoms with van der Waals surface area (Å²) in [5.41, 5.74) is 0.617. The summed E-state index contributed by atoms with van der Waals surface area (Å²) in [6, 6.07) is 10.3. The molecule has 0 fully saturated rings. The lowest BCUT2D eigenvalue weighted by atomic mass is 9.85. The normalized spacial score (nSPS) is 15.7. The SMILES string of the molecule is COc1cc(OC)c([C@H]2CC(=O)Oc3c2c(=O)oc2ccccc32)c(OC)c1. The summed E-state index contributed by atoms with van der Waals surface area (Å²) < 4.78 is 27.3. The molecule has 3 aromatic rings. The number of carbonyl (C=O) groups is 1. The Morgan fingerprint density at radius 1 is 0.929 bits per heavy atom. The smallest absolute Gasteiger partial charge is 0.343 e. The van der Waals surface area contributed by atoms with Crippen molar-refractivity contribution in [2.75, 3.05) is 21.3 Å². The number of hydrogen-bond acceptors (Lipinski definition) is 7. The van der Waals surface area contributed by atoms with Crippen molar-refractivity contribution < 1.29 is 28.2 Å². The topological polar surface area (TPSA) is 84.2 Å². The van der Waals surface area contributed by atoms with Gasteiger partial charge in [-0.3, -0.25) is 4.79 Å². The second-order valence-electron chi connectivity index (χ2n) is 6.30. The molecule has 0 aliphatic carbocycles. The van der Waals surface area contributed by atoms with Crippen LogP contribution in [0.15, 0.2) is 45.6 Å². The van der Waals surface area contributed by atoms with Crippen molar-refractivity contribution in [1.29, 1.82) is 0 Å². The third kappa shape index (κ3) is 2.76. The minimum atomic E-state index is -0.645. The Kier molecular flexibility index (Phi) is 4.43. The van der Waals surface area contributed by atoms with Gasteiger partial charge in [-0.05, 0) is 12.1 Å². The zero-order valence-corrected chi connectivity index (χ0v) is 15.6. The zero-order chi connectivity index (χ0) is 19.8.